The van der Waals surface area contributed by atoms with Crippen LogP contribution in [0.4, 0.5) is 0 Å². The molecular formula is C14H22N4OS. The predicted molar refractivity (Wildman–Crippen MR) is 80.2 cm³/mol. The Balaban J connectivity index is 1.76. The van der Waals surface area contributed by atoms with E-state index in [9.17, 15) is 0 Å². The number of ether oxygens (including phenoxy) is 1. The number of hydrogen-bond donors (Lipinski definition) is 2. The molecule has 0 saturated carbocycles. The number of nitrogens with zero attached hydrogens (tertiary/aromatic N) is 2. The van der Waals surface area contributed by atoms with E-state index in [4.69, 9.17) is 10.6 Å². The number of hydrogen-bond acceptors (Lipinski definition) is 6. The molecule has 110 valence electrons. The first-order valence-electron chi connectivity index (χ1n) is 7.19. The maximum absolute atomic E-state index is 6.08. The smallest absolute Gasteiger partial charge is 0.146 e. The van der Waals surface area contributed by atoms with Crippen LogP contribution in [-0.2, 0) is 4.74 Å². The number of nitrogens with two attached hydrogens (primary N) is 1. The van der Waals surface area contributed by atoms with Gasteiger partial charge in [-0.25, -0.2) is 15.4 Å². The zero-order valence-corrected chi connectivity index (χ0v) is 12.7. The van der Waals surface area contributed by atoms with E-state index in [0.29, 0.717) is 5.92 Å². The fraction of sp³-hybridized carbons (Fsp3) is 0.714. The average Bonchev–Trinajstić information content (AvgIpc) is 2.90. The van der Waals surface area contributed by atoms with Crippen molar-refractivity contribution < 1.29 is 4.74 Å². The second-order valence-corrected chi connectivity index (χ2v) is 6.96. The van der Waals surface area contributed by atoms with Crippen LogP contribution in [-0.4, -0.2) is 33.7 Å². The number of aromatic nitrogens is 2. The molecule has 3 heterocycles. The van der Waals surface area contributed by atoms with E-state index in [-0.39, 0.29) is 11.6 Å². The van der Waals surface area contributed by atoms with Crippen molar-refractivity contribution >= 4 is 11.8 Å². The highest BCUT2D eigenvalue weighted by Crippen LogP contribution is 2.43. The first kappa shape index (κ1) is 14.3. The van der Waals surface area contributed by atoms with Crippen molar-refractivity contribution in [3.63, 3.8) is 0 Å². The summed E-state index contributed by atoms with van der Waals surface area (Å²) in [4.78, 5) is 8.88. The molecule has 0 aromatic carbocycles. The van der Waals surface area contributed by atoms with Gasteiger partial charge in [0.1, 0.15) is 5.82 Å². The molecule has 1 spiro atoms. The summed E-state index contributed by atoms with van der Waals surface area (Å²) in [5, 5.41) is 0. The Bertz CT molecular complexity index is 447. The van der Waals surface area contributed by atoms with E-state index in [0.717, 1.165) is 43.0 Å². The molecule has 2 aliphatic heterocycles. The monoisotopic (exact) mass is 294 g/mol. The van der Waals surface area contributed by atoms with E-state index in [1.54, 1.807) is 0 Å². The molecule has 3 N–H and O–H groups in total. The maximum atomic E-state index is 6.08. The van der Waals surface area contributed by atoms with Crippen molar-refractivity contribution in [2.24, 2.45) is 11.8 Å². The number of hydrazine groups is 1. The van der Waals surface area contributed by atoms with Crippen LogP contribution in [0.5, 0.6) is 0 Å². The molecule has 2 fully saturated rings. The van der Waals surface area contributed by atoms with Gasteiger partial charge in [-0.15, -0.1) is 0 Å². The minimum Gasteiger partial charge on any atom is -0.374 e. The maximum Gasteiger partial charge on any atom is 0.146 e. The average molecular weight is 294 g/mol. The molecule has 0 amide bonds. The molecule has 0 aliphatic carbocycles. The molecule has 1 aromatic heterocycles. The first-order valence-corrected chi connectivity index (χ1v) is 8.34. The Hall–Kier alpha value is -0.690. The summed E-state index contributed by atoms with van der Waals surface area (Å²) >= 11 is 1.99. The second-order valence-electron chi connectivity index (χ2n) is 5.85. The number of aryl methyl sites for hydroxylation is 1. The fourth-order valence-corrected chi connectivity index (χ4v) is 4.58. The van der Waals surface area contributed by atoms with Gasteiger partial charge >= 0.3 is 0 Å². The molecule has 3 rings (SSSR count). The van der Waals surface area contributed by atoms with E-state index in [1.165, 1.54) is 5.75 Å². The Morgan fingerprint density at radius 3 is 2.95 bits per heavy atom. The van der Waals surface area contributed by atoms with Crippen LogP contribution >= 0.6 is 11.8 Å². The molecule has 5 nitrogen and oxygen atoms in total. The number of rotatable bonds is 3. The number of nitrogens with one attached hydrogen (secondary N) is 1. The largest absolute Gasteiger partial charge is 0.374 e. The second kappa shape index (κ2) is 5.97. The van der Waals surface area contributed by atoms with Crippen molar-refractivity contribution in [2.45, 2.75) is 37.8 Å². The molecular weight excluding hydrogens is 272 g/mol. The molecule has 1 aromatic rings. The standard InChI is InChI=1S/C14H22N4OS/c1-10-7-16-13(17-8-10)12(18-15)11-2-4-19-14(6-11)3-5-20-9-14/h7-8,11-12,18H,2-6,9,15H2,1H3. The third-order valence-corrected chi connectivity index (χ3v) is 5.55. The Morgan fingerprint density at radius 2 is 2.30 bits per heavy atom. The molecule has 0 radical (unpaired) electrons. The SMILES string of the molecule is Cc1cnc(C(NN)C2CCOC3(CCSC3)C2)nc1. The summed E-state index contributed by atoms with van der Waals surface area (Å²) in [5.41, 5.74) is 4.06. The zero-order valence-electron chi connectivity index (χ0n) is 11.8. The van der Waals surface area contributed by atoms with Crippen LogP contribution in [0.1, 0.15) is 36.7 Å². The van der Waals surface area contributed by atoms with Gasteiger partial charge in [-0.1, -0.05) is 0 Å². The summed E-state index contributed by atoms with van der Waals surface area (Å²) in [6.07, 6.45) is 6.92. The van der Waals surface area contributed by atoms with Gasteiger partial charge in [0.2, 0.25) is 0 Å². The normalized spacial score (nSPS) is 31.6. The van der Waals surface area contributed by atoms with Crippen LogP contribution in [0.15, 0.2) is 12.4 Å². The predicted octanol–water partition coefficient (Wildman–Crippen LogP) is 1.59. The van der Waals surface area contributed by atoms with Crippen molar-refractivity contribution in [2.75, 3.05) is 18.1 Å². The lowest BCUT2D eigenvalue weighted by atomic mass is 9.81. The lowest BCUT2D eigenvalue weighted by Gasteiger charge is -2.40. The van der Waals surface area contributed by atoms with Crippen molar-refractivity contribution in [1.82, 2.24) is 15.4 Å². The van der Waals surface area contributed by atoms with Crippen LogP contribution in [0.25, 0.3) is 0 Å². The van der Waals surface area contributed by atoms with Crippen LogP contribution in [0.2, 0.25) is 0 Å². The molecule has 3 unspecified atom stereocenters. The van der Waals surface area contributed by atoms with E-state index in [1.807, 2.05) is 31.1 Å². The van der Waals surface area contributed by atoms with Gasteiger partial charge in [-0.3, -0.25) is 5.84 Å². The molecule has 2 saturated heterocycles. The lowest BCUT2D eigenvalue weighted by Crippen LogP contribution is -2.45. The minimum absolute atomic E-state index is 0.0157. The summed E-state index contributed by atoms with van der Waals surface area (Å²) in [6.45, 7) is 2.81. The molecule has 3 atom stereocenters. The Labute approximate surface area is 124 Å². The van der Waals surface area contributed by atoms with Gasteiger partial charge in [0.25, 0.3) is 0 Å². The summed E-state index contributed by atoms with van der Waals surface area (Å²) < 4.78 is 6.08. The lowest BCUT2D eigenvalue weighted by molar-refractivity contribution is -0.0858. The fourth-order valence-electron chi connectivity index (χ4n) is 3.20. The van der Waals surface area contributed by atoms with Crippen LogP contribution in [0, 0.1) is 12.8 Å². The van der Waals surface area contributed by atoms with Crippen molar-refractivity contribution in [3.05, 3.63) is 23.8 Å². The van der Waals surface area contributed by atoms with Gasteiger partial charge in [0.05, 0.1) is 11.6 Å². The third kappa shape index (κ3) is 2.83. The topological polar surface area (TPSA) is 73.1 Å². The molecule has 6 heteroatoms. The van der Waals surface area contributed by atoms with E-state index in [2.05, 4.69) is 15.4 Å². The molecule has 2 aliphatic rings. The highest BCUT2D eigenvalue weighted by molar-refractivity contribution is 7.99. The molecule has 20 heavy (non-hydrogen) atoms. The van der Waals surface area contributed by atoms with Gasteiger partial charge in [0, 0.05) is 24.8 Å². The van der Waals surface area contributed by atoms with Crippen LogP contribution in [0.3, 0.4) is 0 Å². The van der Waals surface area contributed by atoms with Gasteiger partial charge < -0.3 is 4.74 Å². The zero-order chi connectivity index (χ0) is 14.0. The highest BCUT2D eigenvalue weighted by Gasteiger charge is 2.43. The van der Waals surface area contributed by atoms with Gasteiger partial charge in [-0.05, 0) is 43.4 Å². The first-order chi connectivity index (χ1) is 9.72. The quantitative estimate of drug-likeness (QED) is 0.651. The Kier molecular flexibility index (Phi) is 4.26. The van der Waals surface area contributed by atoms with E-state index < -0.39 is 0 Å². The number of thioether (sulfide) groups is 1. The molecule has 0 bridgehead atoms. The van der Waals surface area contributed by atoms with Gasteiger partial charge in [-0.2, -0.15) is 11.8 Å². The summed E-state index contributed by atoms with van der Waals surface area (Å²) in [6, 6.07) is 0.0157. The van der Waals surface area contributed by atoms with Crippen molar-refractivity contribution in [3.8, 4) is 0 Å². The van der Waals surface area contributed by atoms with Gasteiger partial charge in [0.15, 0.2) is 0 Å². The third-order valence-electron chi connectivity index (χ3n) is 4.33. The van der Waals surface area contributed by atoms with Crippen LogP contribution < -0.4 is 11.3 Å². The van der Waals surface area contributed by atoms with E-state index >= 15 is 0 Å². The summed E-state index contributed by atoms with van der Waals surface area (Å²) in [5.74, 6) is 9.33. The highest BCUT2D eigenvalue weighted by atomic mass is 32.2. The minimum atomic E-state index is 0.0157. The summed E-state index contributed by atoms with van der Waals surface area (Å²) in [7, 11) is 0. The Morgan fingerprint density at radius 1 is 1.50 bits per heavy atom. The van der Waals surface area contributed by atoms with Crippen molar-refractivity contribution in [1.29, 1.82) is 0 Å².